The van der Waals surface area contributed by atoms with E-state index < -0.39 is 22.9 Å². The van der Waals surface area contributed by atoms with E-state index in [1.807, 2.05) is 36.4 Å². The second-order valence-corrected chi connectivity index (χ2v) is 10.1. The van der Waals surface area contributed by atoms with Crippen molar-refractivity contribution in [2.24, 2.45) is 0 Å². The quantitative estimate of drug-likeness (QED) is 0.123. The zero-order valence-electron chi connectivity index (χ0n) is 18.3. The number of hydrogen-bond acceptors (Lipinski definition) is 8. The number of ether oxygens (including phenoxy) is 1. The number of aromatic nitrogens is 1. The molecule has 0 bridgehead atoms. The highest BCUT2D eigenvalue weighted by atomic mass is 35.5. The van der Waals surface area contributed by atoms with E-state index in [1.54, 1.807) is 35.2 Å². The summed E-state index contributed by atoms with van der Waals surface area (Å²) in [5.74, 6) is -0.560. The van der Waals surface area contributed by atoms with Crippen LogP contribution in [0.25, 0.3) is 10.2 Å². The molecule has 0 aliphatic rings. The van der Waals surface area contributed by atoms with Gasteiger partial charge in [-0.2, -0.15) is 0 Å². The Morgan fingerprint density at radius 1 is 1.17 bits per heavy atom. The average Bonchev–Trinajstić information content (AvgIpc) is 3.27. The van der Waals surface area contributed by atoms with Gasteiger partial charge in [-0.15, -0.1) is 11.3 Å². The van der Waals surface area contributed by atoms with Crippen molar-refractivity contribution >= 4 is 68.2 Å². The maximum absolute atomic E-state index is 12.5. The molecule has 4 rings (SSSR count). The minimum atomic E-state index is -1.11. The smallest absolute Gasteiger partial charge is 0.338 e. The van der Waals surface area contributed by atoms with Crippen LogP contribution in [0, 0.1) is 10.1 Å². The van der Waals surface area contributed by atoms with Gasteiger partial charge < -0.3 is 10.1 Å². The molecule has 1 heterocycles. The van der Waals surface area contributed by atoms with Crippen LogP contribution in [-0.4, -0.2) is 27.9 Å². The van der Waals surface area contributed by atoms with Crippen molar-refractivity contribution in [1.29, 1.82) is 0 Å². The summed E-state index contributed by atoms with van der Waals surface area (Å²) in [7, 11) is 0. The van der Waals surface area contributed by atoms with Gasteiger partial charge in [0.25, 0.3) is 11.6 Å². The molecule has 0 saturated carbocycles. The molecule has 0 aliphatic heterocycles. The van der Waals surface area contributed by atoms with Crippen LogP contribution in [0.15, 0.2) is 71.1 Å². The number of amides is 1. The largest absolute Gasteiger partial charge is 0.449 e. The van der Waals surface area contributed by atoms with E-state index in [0.29, 0.717) is 11.3 Å². The molecule has 8 nitrogen and oxygen atoms in total. The van der Waals surface area contributed by atoms with E-state index in [0.717, 1.165) is 26.2 Å². The van der Waals surface area contributed by atoms with Gasteiger partial charge in [-0.1, -0.05) is 47.6 Å². The number of esters is 1. The molecule has 3 aromatic carbocycles. The normalized spacial score (nSPS) is 11.7. The minimum Gasteiger partial charge on any atom is -0.449 e. The third-order valence-electron chi connectivity index (χ3n) is 4.90. The summed E-state index contributed by atoms with van der Waals surface area (Å²) in [5.41, 5.74) is 2.29. The fourth-order valence-corrected chi connectivity index (χ4v) is 5.28. The average molecular weight is 528 g/mol. The van der Waals surface area contributed by atoms with Gasteiger partial charge in [0.1, 0.15) is 0 Å². The summed E-state index contributed by atoms with van der Waals surface area (Å²) >= 11 is 9.25. The first-order chi connectivity index (χ1) is 16.8. The number of thioether (sulfide) groups is 1. The molecule has 11 heteroatoms. The molecule has 0 radical (unpaired) electrons. The molecular weight excluding hydrogens is 510 g/mol. The van der Waals surface area contributed by atoms with Gasteiger partial charge in [-0.25, -0.2) is 9.78 Å². The maximum Gasteiger partial charge on any atom is 0.338 e. The number of carbonyl (C=O) groups is 2. The number of carbonyl (C=O) groups excluding carboxylic acids is 2. The Hall–Kier alpha value is -3.47. The first kappa shape index (κ1) is 24.6. The second kappa shape index (κ2) is 10.9. The standard InChI is InChI=1S/C24H18ClN3O5S2/c1-14(22(29)26-19-11-10-17(28(31)32)12-18(19)25)33-23(30)16-8-6-15(7-9-16)13-34-24-27-20-4-2-3-5-21(20)35-24/h2-12,14H,13H2,1H3,(H,26,29). The monoisotopic (exact) mass is 527 g/mol. The lowest BCUT2D eigenvalue weighted by Gasteiger charge is -2.14. The predicted octanol–water partition coefficient (Wildman–Crippen LogP) is 6.33. The lowest BCUT2D eigenvalue weighted by molar-refractivity contribution is -0.384. The summed E-state index contributed by atoms with van der Waals surface area (Å²) in [4.78, 5) is 39.7. The topological polar surface area (TPSA) is 111 Å². The Labute approximate surface area is 213 Å². The number of thiazole rings is 1. The lowest BCUT2D eigenvalue weighted by atomic mass is 10.1. The molecule has 1 atom stereocenters. The molecule has 178 valence electrons. The lowest BCUT2D eigenvalue weighted by Crippen LogP contribution is -2.30. The predicted molar refractivity (Wildman–Crippen MR) is 137 cm³/mol. The minimum absolute atomic E-state index is 0.00498. The number of anilines is 1. The fraction of sp³-hybridized carbons (Fsp3) is 0.125. The molecule has 0 fully saturated rings. The van der Waals surface area contributed by atoms with Gasteiger partial charge >= 0.3 is 5.97 Å². The third-order valence-corrected chi connectivity index (χ3v) is 7.46. The van der Waals surface area contributed by atoms with Crippen LogP contribution in [-0.2, 0) is 15.3 Å². The Morgan fingerprint density at radius 2 is 1.91 bits per heavy atom. The van der Waals surface area contributed by atoms with Gasteiger partial charge in [-0.3, -0.25) is 14.9 Å². The fourth-order valence-electron chi connectivity index (χ4n) is 3.03. The van der Waals surface area contributed by atoms with Crippen LogP contribution in [0.3, 0.4) is 0 Å². The van der Waals surface area contributed by atoms with Crippen molar-refractivity contribution in [3.8, 4) is 0 Å². The van der Waals surface area contributed by atoms with Gasteiger partial charge in [-0.05, 0) is 42.8 Å². The highest BCUT2D eigenvalue weighted by Crippen LogP contribution is 2.31. The maximum atomic E-state index is 12.5. The summed E-state index contributed by atoms with van der Waals surface area (Å²) in [6.07, 6.45) is -1.11. The number of rotatable bonds is 8. The van der Waals surface area contributed by atoms with E-state index in [4.69, 9.17) is 16.3 Å². The van der Waals surface area contributed by atoms with Crippen molar-refractivity contribution in [1.82, 2.24) is 4.98 Å². The van der Waals surface area contributed by atoms with Crippen LogP contribution >= 0.6 is 34.7 Å². The SMILES string of the molecule is CC(OC(=O)c1ccc(CSc2nc3ccccc3s2)cc1)C(=O)Nc1ccc([N+](=O)[O-])cc1Cl. The van der Waals surface area contributed by atoms with Gasteiger partial charge in [0, 0.05) is 17.9 Å². The van der Waals surface area contributed by atoms with E-state index in [-0.39, 0.29) is 16.4 Å². The Morgan fingerprint density at radius 3 is 2.60 bits per heavy atom. The molecule has 0 saturated heterocycles. The van der Waals surface area contributed by atoms with Crippen molar-refractivity contribution in [3.05, 3.63) is 93.0 Å². The number of hydrogen-bond donors (Lipinski definition) is 1. The van der Waals surface area contributed by atoms with Gasteiger partial charge in [0.2, 0.25) is 0 Å². The third kappa shape index (κ3) is 6.16. The number of para-hydroxylation sites is 1. The van der Waals surface area contributed by atoms with Crippen LogP contribution in [0.1, 0.15) is 22.8 Å². The summed E-state index contributed by atoms with van der Waals surface area (Å²) in [6, 6.07) is 18.6. The Balaban J connectivity index is 1.31. The summed E-state index contributed by atoms with van der Waals surface area (Å²) in [5, 5.41) is 13.3. The van der Waals surface area contributed by atoms with E-state index >= 15 is 0 Å². The number of non-ortho nitro benzene ring substituents is 1. The molecule has 1 amide bonds. The number of fused-ring (bicyclic) bond motifs is 1. The number of nitrogens with zero attached hydrogens (tertiary/aromatic N) is 2. The highest BCUT2D eigenvalue weighted by Gasteiger charge is 2.20. The van der Waals surface area contributed by atoms with Gasteiger partial charge in [0.15, 0.2) is 10.4 Å². The van der Waals surface area contributed by atoms with E-state index in [9.17, 15) is 19.7 Å². The number of benzene rings is 3. The van der Waals surface area contributed by atoms with E-state index in [2.05, 4.69) is 10.3 Å². The zero-order chi connectivity index (χ0) is 24.9. The number of nitrogens with one attached hydrogen (secondary N) is 1. The first-order valence-corrected chi connectivity index (χ1v) is 12.5. The Kier molecular flexibility index (Phi) is 7.64. The number of nitro benzene ring substituents is 1. The van der Waals surface area contributed by atoms with Crippen LogP contribution < -0.4 is 5.32 Å². The highest BCUT2D eigenvalue weighted by molar-refractivity contribution is 8.00. The van der Waals surface area contributed by atoms with Crippen LogP contribution in [0.4, 0.5) is 11.4 Å². The summed E-state index contributed by atoms with van der Waals surface area (Å²) < 4.78 is 7.37. The molecule has 0 aliphatic carbocycles. The molecule has 1 unspecified atom stereocenters. The Bertz CT molecular complexity index is 1380. The summed E-state index contributed by atoms with van der Waals surface area (Å²) in [6.45, 7) is 1.43. The van der Waals surface area contributed by atoms with Crippen molar-refractivity contribution < 1.29 is 19.2 Å². The molecule has 4 aromatic rings. The van der Waals surface area contributed by atoms with E-state index in [1.165, 1.54) is 19.1 Å². The molecule has 1 N–H and O–H groups in total. The first-order valence-electron chi connectivity index (χ1n) is 10.3. The zero-order valence-corrected chi connectivity index (χ0v) is 20.7. The van der Waals surface area contributed by atoms with Crippen LogP contribution in [0.2, 0.25) is 5.02 Å². The molecule has 0 spiro atoms. The van der Waals surface area contributed by atoms with Crippen LogP contribution in [0.5, 0.6) is 0 Å². The van der Waals surface area contributed by atoms with Crippen molar-refractivity contribution in [2.75, 3.05) is 5.32 Å². The molecule has 1 aromatic heterocycles. The number of nitro groups is 1. The van der Waals surface area contributed by atoms with Crippen molar-refractivity contribution in [3.63, 3.8) is 0 Å². The number of halogens is 1. The van der Waals surface area contributed by atoms with Crippen molar-refractivity contribution in [2.45, 2.75) is 23.1 Å². The molecule has 35 heavy (non-hydrogen) atoms. The van der Waals surface area contributed by atoms with Gasteiger partial charge in [0.05, 0.1) is 31.4 Å². The molecular formula is C24H18ClN3O5S2. The second-order valence-electron chi connectivity index (χ2n) is 7.39.